The second kappa shape index (κ2) is 6.58. The lowest BCUT2D eigenvalue weighted by Crippen LogP contribution is -2.31. The Hall–Kier alpha value is -0.540. The molecule has 100 valence electrons. The van der Waals surface area contributed by atoms with Crippen LogP contribution in [0, 0.1) is 17.8 Å². The van der Waals surface area contributed by atoms with Crippen LogP contribution in [-0.4, -0.2) is 5.91 Å². The van der Waals surface area contributed by atoms with E-state index in [1.807, 2.05) is 12.1 Å². The maximum absolute atomic E-state index is 12.2. The van der Waals surface area contributed by atoms with Crippen molar-refractivity contribution in [2.75, 3.05) is 5.32 Å². The van der Waals surface area contributed by atoms with Crippen LogP contribution in [0.2, 0.25) is 5.02 Å². The monoisotopic (exact) mass is 331 g/mol. The molecule has 1 aromatic rings. The van der Waals surface area contributed by atoms with Gasteiger partial charge in [-0.15, -0.1) is 0 Å². The highest BCUT2D eigenvalue weighted by molar-refractivity contribution is 9.10. The van der Waals surface area contributed by atoms with E-state index in [-0.39, 0.29) is 11.8 Å². The van der Waals surface area contributed by atoms with Crippen molar-refractivity contribution in [3.8, 4) is 0 Å². The summed E-state index contributed by atoms with van der Waals surface area (Å²) in [5, 5.41) is 3.52. The summed E-state index contributed by atoms with van der Waals surface area (Å²) in [7, 11) is 0. The van der Waals surface area contributed by atoms with Gasteiger partial charge in [-0.25, -0.2) is 0 Å². The van der Waals surface area contributed by atoms with Crippen molar-refractivity contribution in [1.82, 2.24) is 0 Å². The minimum Gasteiger partial charge on any atom is -0.326 e. The van der Waals surface area contributed by atoms with Gasteiger partial charge in [-0.3, -0.25) is 4.79 Å². The van der Waals surface area contributed by atoms with Gasteiger partial charge in [0.15, 0.2) is 0 Å². The lowest BCUT2D eigenvalue weighted by molar-refractivity contribution is -0.122. The highest BCUT2D eigenvalue weighted by Crippen LogP contribution is 2.27. The first-order valence-electron chi connectivity index (χ1n) is 6.08. The molecular weight excluding hydrogens is 314 g/mol. The normalized spacial score (nSPS) is 11.4. The fraction of sp³-hybridized carbons (Fsp3) is 0.500. The number of carbonyl (C=O) groups is 1. The number of hydrogen-bond acceptors (Lipinski definition) is 1. The largest absolute Gasteiger partial charge is 0.326 e. The van der Waals surface area contributed by atoms with Crippen LogP contribution in [0.15, 0.2) is 22.7 Å². The van der Waals surface area contributed by atoms with Crippen LogP contribution < -0.4 is 5.32 Å². The van der Waals surface area contributed by atoms with Gasteiger partial charge in [0.25, 0.3) is 0 Å². The lowest BCUT2D eigenvalue weighted by Gasteiger charge is -2.23. The predicted molar refractivity (Wildman–Crippen MR) is 80.9 cm³/mol. The van der Waals surface area contributed by atoms with E-state index in [1.165, 1.54) is 0 Å². The smallest absolute Gasteiger partial charge is 0.228 e. The maximum atomic E-state index is 12.2. The van der Waals surface area contributed by atoms with E-state index >= 15 is 0 Å². The first-order chi connectivity index (χ1) is 8.32. The Bertz CT molecular complexity index is 424. The van der Waals surface area contributed by atoms with Gasteiger partial charge in [0.1, 0.15) is 0 Å². The molecule has 1 rings (SSSR count). The summed E-state index contributed by atoms with van der Waals surface area (Å²) in [4.78, 5) is 12.2. The standard InChI is InChI=1S/C14H19BrClNO/c1-8(2)13(9(3)4)14(18)17-10-5-6-11(15)12(16)7-10/h5-9,13H,1-4H3,(H,17,18). The molecule has 0 saturated carbocycles. The molecule has 0 atom stereocenters. The van der Waals surface area contributed by atoms with E-state index in [0.717, 1.165) is 10.2 Å². The molecule has 0 unspecified atom stereocenters. The SMILES string of the molecule is CC(C)C(C(=O)Nc1ccc(Br)c(Cl)c1)C(C)C. The van der Waals surface area contributed by atoms with Crippen LogP contribution in [0.5, 0.6) is 0 Å². The number of benzene rings is 1. The second-order valence-electron chi connectivity index (χ2n) is 5.13. The van der Waals surface area contributed by atoms with E-state index in [2.05, 4.69) is 48.9 Å². The number of amides is 1. The average molecular weight is 333 g/mol. The number of rotatable bonds is 4. The molecule has 0 spiro atoms. The summed E-state index contributed by atoms with van der Waals surface area (Å²) >= 11 is 9.33. The fourth-order valence-corrected chi connectivity index (χ4v) is 2.60. The lowest BCUT2D eigenvalue weighted by atomic mass is 9.85. The number of nitrogens with one attached hydrogen (secondary N) is 1. The van der Waals surface area contributed by atoms with E-state index in [0.29, 0.717) is 16.9 Å². The summed E-state index contributed by atoms with van der Waals surface area (Å²) in [6.45, 7) is 8.27. The van der Waals surface area contributed by atoms with Crippen LogP contribution in [-0.2, 0) is 4.79 Å². The van der Waals surface area contributed by atoms with Crippen LogP contribution >= 0.6 is 27.5 Å². The third-order valence-corrected chi connectivity index (χ3v) is 4.16. The average Bonchev–Trinajstić information content (AvgIpc) is 2.22. The van der Waals surface area contributed by atoms with Gasteiger partial charge >= 0.3 is 0 Å². The zero-order valence-electron chi connectivity index (χ0n) is 11.1. The third-order valence-electron chi connectivity index (χ3n) is 2.93. The first kappa shape index (κ1) is 15.5. The number of carbonyl (C=O) groups excluding carboxylic acids is 1. The molecular formula is C14H19BrClNO. The Balaban J connectivity index is 2.82. The summed E-state index contributed by atoms with van der Waals surface area (Å²) in [5.74, 6) is 0.692. The highest BCUT2D eigenvalue weighted by Gasteiger charge is 2.25. The van der Waals surface area contributed by atoms with E-state index < -0.39 is 0 Å². The highest BCUT2D eigenvalue weighted by atomic mass is 79.9. The summed E-state index contributed by atoms with van der Waals surface area (Å²) in [6, 6.07) is 5.42. The fourth-order valence-electron chi connectivity index (χ4n) is 2.17. The molecule has 2 nitrogen and oxygen atoms in total. The topological polar surface area (TPSA) is 29.1 Å². The molecule has 0 fully saturated rings. The van der Waals surface area contributed by atoms with Crippen molar-refractivity contribution in [2.45, 2.75) is 27.7 Å². The number of halogens is 2. The third kappa shape index (κ3) is 3.99. The van der Waals surface area contributed by atoms with Crippen molar-refractivity contribution in [1.29, 1.82) is 0 Å². The molecule has 0 aromatic heterocycles. The maximum Gasteiger partial charge on any atom is 0.228 e. The van der Waals surface area contributed by atoms with Crippen LogP contribution in [0.25, 0.3) is 0 Å². The molecule has 1 aromatic carbocycles. The van der Waals surface area contributed by atoms with E-state index in [4.69, 9.17) is 11.6 Å². The number of hydrogen-bond donors (Lipinski definition) is 1. The Morgan fingerprint density at radius 3 is 2.22 bits per heavy atom. The molecule has 0 aliphatic heterocycles. The Labute approximate surface area is 122 Å². The summed E-state index contributed by atoms with van der Waals surface area (Å²) in [6.07, 6.45) is 0. The molecule has 0 radical (unpaired) electrons. The first-order valence-corrected chi connectivity index (χ1v) is 7.26. The molecule has 0 aliphatic carbocycles. The molecule has 0 aliphatic rings. The molecule has 1 amide bonds. The molecule has 18 heavy (non-hydrogen) atoms. The summed E-state index contributed by atoms with van der Waals surface area (Å²) < 4.78 is 0.825. The summed E-state index contributed by atoms with van der Waals surface area (Å²) in [5.41, 5.74) is 0.736. The number of anilines is 1. The van der Waals surface area contributed by atoms with Gasteiger partial charge in [0, 0.05) is 16.1 Å². The Morgan fingerprint density at radius 1 is 1.22 bits per heavy atom. The van der Waals surface area contributed by atoms with Gasteiger partial charge < -0.3 is 5.32 Å². The second-order valence-corrected chi connectivity index (χ2v) is 6.39. The van der Waals surface area contributed by atoms with Crippen molar-refractivity contribution in [3.05, 3.63) is 27.7 Å². The molecule has 1 N–H and O–H groups in total. The quantitative estimate of drug-likeness (QED) is 0.828. The van der Waals surface area contributed by atoms with E-state index in [1.54, 1.807) is 6.07 Å². The molecule has 4 heteroatoms. The minimum atomic E-state index is 0.00687. The van der Waals surface area contributed by atoms with Crippen molar-refractivity contribution in [3.63, 3.8) is 0 Å². The Kier molecular flexibility index (Phi) is 5.67. The van der Waals surface area contributed by atoms with Crippen LogP contribution in [0.1, 0.15) is 27.7 Å². The van der Waals surface area contributed by atoms with Crippen molar-refractivity contribution in [2.24, 2.45) is 17.8 Å². The van der Waals surface area contributed by atoms with Gasteiger partial charge in [0.05, 0.1) is 5.02 Å². The molecule has 0 saturated heterocycles. The molecule has 0 heterocycles. The van der Waals surface area contributed by atoms with Gasteiger partial charge in [-0.1, -0.05) is 39.3 Å². The zero-order chi connectivity index (χ0) is 13.9. The van der Waals surface area contributed by atoms with Gasteiger partial charge in [-0.2, -0.15) is 0 Å². The van der Waals surface area contributed by atoms with Crippen LogP contribution in [0.4, 0.5) is 5.69 Å². The van der Waals surface area contributed by atoms with Crippen molar-refractivity contribution >= 4 is 39.1 Å². The van der Waals surface area contributed by atoms with Crippen molar-refractivity contribution < 1.29 is 4.79 Å². The van der Waals surface area contributed by atoms with Crippen LogP contribution in [0.3, 0.4) is 0 Å². The molecule has 0 bridgehead atoms. The minimum absolute atomic E-state index is 0.00687. The van der Waals surface area contributed by atoms with E-state index in [9.17, 15) is 4.79 Å². The predicted octanol–water partition coefficient (Wildman–Crippen LogP) is 4.97. The Morgan fingerprint density at radius 2 is 1.78 bits per heavy atom. The van der Waals surface area contributed by atoms with Gasteiger partial charge in [-0.05, 0) is 46.0 Å². The van der Waals surface area contributed by atoms with Gasteiger partial charge in [0.2, 0.25) is 5.91 Å². The zero-order valence-corrected chi connectivity index (χ0v) is 13.5.